The standard InChI is InChI=1S/C16H17FN2S/c1-10-3-4-15(11(2)5-10)20-9-12-6-13(16(18)19)8-14(17)7-12/h3-8H,9H2,1-2H3,(H3,18,19). The van der Waals surface area contributed by atoms with Crippen LogP contribution in [-0.2, 0) is 5.75 Å². The number of nitrogens with two attached hydrogens (primary N) is 1. The highest BCUT2D eigenvalue weighted by molar-refractivity contribution is 7.98. The van der Waals surface area contributed by atoms with Gasteiger partial charge in [-0.2, -0.15) is 0 Å². The molecule has 2 rings (SSSR count). The number of rotatable bonds is 4. The molecule has 0 aliphatic carbocycles. The number of nitrogen functional groups attached to an aromatic ring is 1. The summed E-state index contributed by atoms with van der Waals surface area (Å²) in [7, 11) is 0. The van der Waals surface area contributed by atoms with Crippen LogP contribution in [0.3, 0.4) is 0 Å². The van der Waals surface area contributed by atoms with Gasteiger partial charge in [0.15, 0.2) is 0 Å². The van der Waals surface area contributed by atoms with Gasteiger partial charge in [-0.1, -0.05) is 17.7 Å². The van der Waals surface area contributed by atoms with Crippen molar-refractivity contribution in [3.63, 3.8) is 0 Å². The lowest BCUT2D eigenvalue weighted by Crippen LogP contribution is -2.11. The van der Waals surface area contributed by atoms with Gasteiger partial charge < -0.3 is 5.73 Å². The lowest BCUT2D eigenvalue weighted by Gasteiger charge is -2.08. The highest BCUT2D eigenvalue weighted by Gasteiger charge is 2.05. The van der Waals surface area contributed by atoms with Gasteiger partial charge in [0.1, 0.15) is 11.7 Å². The predicted octanol–water partition coefficient (Wildman–Crippen LogP) is 4.02. The first kappa shape index (κ1) is 14.6. The number of hydrogen-bond acceptors (Lipinski definition) is 2. The van der Waals surface area contributed by atoms with Gasteiger partial charge in [0, 0.05) is 16.2 Å². The van der Waals surface area contributed by atoms with Crippen molar-refractivity contribution in [2.45, 2.75) is 24.5 Å². The summed E-state index contributed by atoms with van der Waals surface area (Å²) < 4.78 is 13.5. The zero-order chi connectivity index (χ0) is 14.7. The van der Waals surface area contributed by atoms with Crippen molar-refractivity contribution in [1.29, 1.82) is 5.41 Å². The van der Waals surface area contributed by atoms with Crippen molar-refractivity contribution in [3.05, 3.63) is 64.5 Å². The van der Waals surface area contributed by atoms with Crippen molar-refractivity contribution < 1.29 is 4.39 Å². The molecule has 0 saturated carbocycles. The fourth-order valence-electron chi connectivity index (χ4n) is 2.01. The second kappa shape index (κ2) is 6.09. The topological polar surface area (TPSA) is 49.9 Å². The Bertz CT molecular complexity index is 653. The van der Waals surface area contributed by atoms with Crippen molar-refractivity contribution in [3.8, 4) is 0 Å². The quantitative estimate of drug-likeness (QED) is 0.507. The second-order valence-electron chi connectivity index (χ2n) is 4.82. The third kappa shape index (κ3) is 3.61. The monoisotopic (exact) mass is 288 g/mol. The van der Waals surface area contributed by atoms with E-state index in [4.69, 9.17) is 11.1 Å². The van der Waals surface area contributed by atoms with E-state index in [2.05, 4.69) is 32.0 Å². The normalized spacial score (nSPS) is 10.6. The first-order valence-electron chi connectivity index (χ1n) is 6.29. The van der Waals surface area contributed by atoms with Crippen molar-refractivity contribution in [1.82, 2.24) is 0 Å². The molecule has 0 spiro atoms. The summed E-state index contributed by atoms with van der Waals surface area (Å²) in [5, 5.41) is 7.39. The minimum atomic E-state index is -0.353. The van der Waals surface area contributed by atoms with Crippen LogP contribution >= 0.6 is 11.8 Å². The maximum absolute atomic E-state index is 13.5. The van der Waals surface area contributed by atoms with Gasteiger partial charge in [-0.25, -0.2) is 4.39 Å². The summed E-state index contributed by atoms with van der Waals surface area (Å²) >= 11 is 1.66. The van der Waals surface area contributed by atoms with Crippen molar-refractivity contribution >= 4 is 17.6 Å². The zero-order valence-electron chi connectivity index (χ0n) is 11.5. The first-order chi connectivity index (χ1) is 9.45. The molecule has 0 amide bonds. The van der Waals surface area contributed by atoms with E-state index in [0.29, 0.717) is 11.3 Å². The van der Waals surface area contributed by atoms with Gasteiger partial charge in [0.25, 0.3) is 0 Å². The fourth-order valence-corrected chi connectivity index (χ4v) is 2.95. The molecule has 0 atom stereocenters. The Morgan fingerprint density at radius 3 is 2.60 bits per heavy atom. The maximum atomic E-state index is 13.5. The number of halogens is 1. The molecule has 0 heterocycles. The Labute approximate surface area is 122 Å². The Hall–Kier alpha value is -1.81. The summed E-state index contributed by atoms with van der Waals surface area (Å²) in [5.74, 6) is 0.193. The molecule has 4 heteroatoms. The largest absolute Gasteiger partial charge is 0.384 e. The molecule has 0 unspecified atom stereocenters. The van der Waals surface area contributed by atoms with Crippen molar-refractivity contribution in [2.24, 2.45) is 5.73 Å². The van der Waals surface area contributed by atoms with Crippen LogP contribution in [0.15, 0.2) is 41.3 Å². The summed E-state index contributed by atoms with van der Waals surface area (Å²) in [6, 6.07) is 10.8. The van der Waals surface area contributed by atoms with Gasteiger partial charge >= 0.3 is 0 Å². The minimum absolute atomic E-state index is 0.109. The summed E-state index contributed by atoms with van der Waals surface area (Å²) in [4.78, 5) is 1.18. The smallest absolute Gasteiger partial charge is 0.124 e. The van der Waals surface area contributed by atoms with Crippen LogP contribution < -0.4 is 5.73 Å². The van der Waals surface area contributed by atoms with E-state index in [0.717, 1.165) is 5.56 Å². The minimum Gasteiger partial charge on any atom is -0.384 e. The van der Waals surface area contributed by atoms with Gasteiger partial charge in [-0.15, -0.1) is 11.8 Å². The van der Waals surface area contributed by atoms with E-state index in [9.17, 15) is 4.39 Å². The summed E-state index contributed by atoms with van der Waals surface area (Å²) in [6.45, 7) is 4.13. The Kier molecular flexibility index (Phi) is 4.45. The van der Waals surface area contributed by atoms with Gasteiger partial charge in [0.2, 0.25) is 0 Å². The van der Waals surface area contributed by atoms with Crippen LogP contribution in [0.5, 0.6) is 0 Å². The lowest BCUT2D eigenvalue weighted by molar-refractivity contribution is 0.626. The molecule has 0 radical (unpaired) electrons. The zero-order valence-corrected chi connectivity index (χ0v) is 12.4. The average molecular weight is 288 g/mol. The maximum Gasteiger partial charge on any atom is 0.124 e. The number of amidine groups is 1. The number of hydrogen-bond donors (Lipinski definition) is 2. The molecule has 20 heavy (non-hydrogen) atoms. The van der Waals surface area contributed by atoms with E-state index in [1.165, 1.54) is 28.2 Å². The Balaban J connectivity index is 2.16. The number of nitrogens with one attached hydrogen (secondary N) is 1. The highest BCUT2D eigenvalue weighted by atomic mass is 32.2. The Morgan fingerprint density at radius 2 is 1.95 bits per heavy atom. The van der Waals surface area contributed by atoms with E-state index >= 15 is 0 Å². The third-order valence-corrected chi connectivity index (χ3v) is 4.24. The van der Waals surface area contributed by atoms with Crippen LogP contribution in [0.25, 0.3) is 0 Å². The highest BCUT2D eigenvalue weighted by Crippen LogP contribution is 2.27. The van der Waals surface area contributed by atoms with E-state index in [1.807, 2.05) is 0 Å². The molecule has 0 bridgehead atoms. The predicted molar refractivity (Wildman–Crippen MR) is 82.9 cm³/mol. The van der Waals surface area contributed by atoms with E-state index in [-0.39, 0.29) is 11.7 Å². The second-order valence-corrected chi connectivity index (χ2v) is 5.84. The van der Waals surface area contributed by atoms with Crippen molar-refractivity contribution in [2.75, 3.05) is 0 Å². The molecule has 3 N–H and O–H groups in total. The van der Waals surface area contributed by atoms with Crippen LogP contribution in [-0.4, -0.2) is 5.84 Å². The SMILES string of the molecule is Cc1ccc(SCc2cc(F)cc(C(=N)N)c2)c(C)c1. The molecule has 2 aromatic carbocycles. The molecule has 104 valence electrons. The van der Waals surface area contributed by atoms with Gasteiger partial charge in [0.05, 0.1) is 0 Å². The number of benzene rings is 2. The molecule has 0 fully saturated rings. The summed E-state index contributed by atoms with van der Waals surface area (Å²) in [5.41, 5.74) is 9.13. The van der Waals surface area contributed by atoms with E-state index < -0.39 is 0 Å². The van der Waals surface area contributed by atoms with E-state index in [1.54, 1.807) is 17.8 Å². The molecule has 0 saturated heterocycles. The fraction of sp³-hybridized carbons (Fsp3) is 0.188. The summed E-state index contributed by atoms with van der Waals surface area (Å²) in [6.07, 6.45) is 0. The lowest BCUT2D eigenvalue weighted by atomic mass is 10.1. The average Bonchev–Trinajstić information content (AvgIpc) is 2.37. The number of thioether (sulfide) groups is 1. The molecular formula is C16H17FN2S. The number of aryl methyl sites for hydroxylation is 2. The Morgan fingerprint density at radius 1 is 1.20 bits per heavy atom. The van der Waals surface area contributed by atoms with Gasteiger partial charge in [-0.3, -0.25) is 5.41 Å². The van der Waals surface area contributed by atoms with Crippen LogP contribution in [0, 0.1) is 25.1 Å². The first-order valence-corrected chi connectivity index (χ1v) is 7.28. The molecular weight excluding hydrogens is 271 g/mol. The van der Waals surface area contributed by atoms with Crippen LogP contribution in [0.4, 0.5) is 4.39 Å². The third-order valence-electron chi connectivity index (χ3n) is 2.99. The molecule has 0 aliphatic rings. The molecule has 0 aromatic heterocycles. The van der Waals surface area contributed by atoms with Crippen LogP contribution in [0.2, 0.25) is 0 Å². The molecule has 2 aromatic rings. The van der Waals surface area contributed by atoms with Crippen LogP contribution in [0.1, 0.15) is 22.3 Å². The van der Waals surface area contributed by atoms with Gasteiger partial charge in [-0.05, 0) is 49.2 Å². The molecule has 0 aliphatic heterocycles. The molecule has 2 nitrogen and oxygen atoms in total.